The number of nitrogens with one attached hydrogen (secondary N) is 1. The molecular weight excluding hydrogens is 280 g/mol. The molecule has 1 aromatic carbocycles. The van der Waals surface area contributed by atoms with Crippen molar-refractivity contribution in [3.8, 4) is 0 Å². The van der Waals surface area contributed by atoms with Crippen molar-refractivity contribution in [1.82, 2.24) is 5.32 Å². The van der Waals surface area contributed by atoms with Crippen LogP contribution in [0.15, 0.2) is 53.2 Å². The summed E-state index contributed by atoms with van der Waals surface area (Å²) in [4.78, 5) is 13.6. The molecule has 2 N–H and O–H groups in total. The Labute approximate surface area is 129 Å². The van der Waals surface area contributed by atoms with Gasteiger partial charge < -0.3 is 19.7 Å². The Bertz CT molecular complexity index is 616. The van der Waals surface area contributed by atoms with Gasteiger partial charge in [-0.05, 0) is 35.9 Å². The Hall–Kier alpha value is -2.53. The fraction of sp³-hybridized carbons (Fsp3) is 0.235. The van der Waals surface area contributed by atoms with E-state index in [2.05, 4.69) is 5.32 Å². The summed E-state index contributed by atoms with van der Waals surface area (Å²) < 4.78 is 5.09. The van der Waals surface area contributed by atoms with Crippen LogP contribution in [-0.2, 0) is 4.79 Å². The summed E-state index contributed by atoms with van der Waals surface area (Å²) in [5, 5.41) is 12.7. The number of carbonyl (C=O) groups is 1. The summed E-state index contributed by atoms with van der Waals surface area (Å²) in [6.45, 7) is 0.155. The largest absolute Gasteiger partial charge is 0.465 e. The van der Waals surface area contributed by atoms with Crippen LogP contribution < -0.4 is 10.2 Å². The van der Waals surface area contributed by atoms with Crippen molar-refractivity contribution in [2.45, 2.75) is 6.10 Å². The number of carbonyl (C=O) groups excluding carboxylic acids is 1. The molecule has 0 bridgehead atoms. The van der Waals surface area contributed by atoms with E-state index in [4.69, 9.17) is 4.42 Å². The van der Waals surface area contributed by atoms with Crippen LogP contribution >= 0.6 is 0 Å². The van der Waals surface area contributed by atoms with Gasteiger partial charge in [-0.25, -0.2) is 0 Å². The first-order valence-electron chi connectivity index (χ1n) is 7.01. The monoisotopic (exact) mass is 300 g/mol. The fourth-order valence-electron chi connectivity index (χ4n) is 1.91. The third-order valence-corrected chi connectivity index (χ3v) is 3.21. The molecule has 116 valence electrons. The number of rotatable bonds is 6. The van der Waals surface area contributed by atoms with E-state index in [-0.39, 0.29) is 12.5 Å². The molecular formula is C17H20N2O3. The first kappa shape index (κ1) is 15.9. The molecule has 2 aromatic rings. The Morgan fingerprint density at radius 3 is 2.64 bits per heavy atom. The fourth-order valence-corrected chi connectivity index (χ4v) is 1.91. The minimum Gasteiger partial charge on any atom is -0.465 e. The van der Waals surface area contributed by atoms with Gasteiger partial charge in [0.1, 0.15) is 5.76 Å². The van der Waals surface area contributed by atoms with Crippen molar-refractivity contribution < 1.29 is 14.3 Å². The van der Waals surface area contributed by atoms with Crippen LogP contribution in [0.3, 0.4) is 0 Å². The molecule has 0 saturated heterocycles. The maximum atomic E-state index is 11.7. The average molecular weight is 300 g/mol. The molecule has 0 unspecified atom stereocenters. The highest BCUT2D eigenvalue weighted by atomic mass is 16.3. The Morgan fingerprint density at radius 2 is 2.05 bits per heavy atom. The number of hydrogen-bond acceptors (Lipinski definition) is 4. The number of aliphatic hydroxyl groups is 1. The van der Waals surface area contributed by atoms with Crippen LogP contribution in [0.4, 0.5) is 5.69 Å². The molecule has 1 aromatic heterocycles. The second-order valence-corrected chi connectivity index (χ2v) is 5.10. The number of furan rings is 1. The maximum absolute atomic E-state index is 11.7. The van der Waals surface area contributed by atoms with E-state index >= 15 is 0 Å². The van der Waals surface area contributed by atoms with Crippen LogP contribution in [0.5, 0.6) is 0 Å². The summed E-state index contributed by atoms with van der Waals surface area (Å²) in [5.41, 5.74) is 1.82. The summed E-state index contributed by atoms with van der Waals surface area (Å²) in [5.74, 6) is 0.329. The number of anilines is 1. The lowest BCUT2D eigenvalue weighted by Crippen LogP contribution is -2.26. The Kier molecular flexibility index (Phi) is 5.38. The van der Waals surface area contributed by atoms with Gasteiger partial charge in [0, 0.05) is 32.4 Å². The molecule has 5 nitrogen and oxygen atoms in total. The lowest BCUT2D eigenvalue weighted by atomic mass is 10.1. The highest BCUT2D eigenvalue weighted by Crippen LogP contribution is 2.17. The van der Waals surface area contributed by atoms with E-state index in [1.165, 1.54) is 6.08 Å². The number of hydrogen-bond donors (Lipinski definition) is 2. The van der Waals surface area contributed by atoms with E-state index in [0.29, 0.717) is 5.76 Å². The predicted octanol–water partition coefficient (Wildman–Crippen LogP) is 2.21. The second kappa shape index (κ2) is 7.47. The molecule has 22 heavy (non-hydrogen) atoms. The second-order valence-electron chi connectivity index (χ2n) is 5.10. The lowest BCUT2D eigenvalue weighted by molar-refractivity contribution is -0.116. The normalized spacial score (nSPS) is 12.3. The van der Waals surface area contributed by atoms with Crippen molar-refractivity contribution in [3.63, 3.8) is 0 Å². The highest BCUT2D eigenvalue weighted by Gasteiger charge is 2.08. The van der Waals surface area contributed by atoms with Gasteiger partial charge in [-0.15, -0.1) is 0 Å². The maximum Gasteiger partial charge on any atom is 0.244 e. The van der Waals surface area contributed by atoms with Gasteiger partial charge in [0.15, 0.2) is 0 Å². The Balaban J connectivity index is 1.84. The molecule has 0 aliphatic heterocycles. The zero-order chi connectivity index (χ0) is 15.9. The van der Waals surface area contributed by atoms with Gasteiger partial charge >= 0.3 is 0 Å². The van der Waals surface area contributed by atoms with Crippen LogP contribution in [-0.4, -0.2) is 31.7 Å². The highest BCUT2D eigenvalue weighted by molar-refractivity contribution is 5.91. The lowest BCUT2D eigenvalue weighted by Gasteiger charge is -2.15. The van der Waals surface area contributed by atoms with Gasteiger partial charge in [0.25, 0.3) is 0 Å². The molecule has 0 radical (unpaired) electrons. The zero-order valence-corrected chi connectivity index (χ0v) is 12.7. The third-order valence-electron chi connectivity index (χ3n) is 3.21. The van der Waals surface area contributed by atoms with E-state index < -0.39 is 6.10 Å². The molecule has 0 aliphatic carbocycles. The topological polar surface area (TPSA) is 65.7 Å². The van der Waals surface area contributed by atoms with Crippen molar-refractivity contribution >= 4 is 17.7 Å². The molecule has 1 amide bonds. The van der Waals surface area contributed by atoms with Crippen LogP contribution in [0.1, 0.15) is 17.4 Å². The van der Waals surface area contributed by atoms with Gasteiger partial charge in [0.05, 0.1) is 12.4 Å². The quantitative estimate of drug-likeness (QED) is 0.803. The first-order valence-corrected chi connectivity index (χ1v) is 7.01. The minimum atomic E-state index is -0.739. The van der Waals surface area contributed by atoms with Crippen molar-refractivity contribution in [1.29, 1.82) is 0 Å². The molecule has 0 saturated carbocycles. The van der Waals surface area contributed by atoms with Crippen LogP contribution in [0.2, 0.25) is 0 Å². The Morgan fingerprint density at radius 1 is 1.32 bits per heavy atom. The zero-order valence-electron chi connectivity index (χ0n) is 12.7. The van der Waals surface area contributed by atoms with E-state index in [1.807, 2.05) is 43.3 Å². The molecule has 1 atom stereocenters. The first-order chi connectivity index (χ1) is 10.6. The molecule has 0 spiro atoms. The molecule has 2 rings (SSSR count). The van der Waals surface area contributed by atoms with E-state index in [9.17, 15) is 9.90 Å². The van der Waals surface area contributed by atoms with E-state index in [0.717, 1.165) is 11.3 Å². The van der Waals surface area contributed by atoms with Gasteiger partial charge in [-0.2, -0.15) is 0 Å². The van der Waals surface area contributed by atoms with Crippen molar-refractivity contribution in [2.75, 3.05) is 25.5 Å². The van der Waals surface area contributed by atoms with Crippen LogP contribution in [0.25, 0.3) is 6.08 Å². The van der Waals surface area contributed by atoms with Gasteiger partial charge in [-0.1, -0.05) is 12.1 Å². The molecule has 5 heteroatoms. The average Bonchev–Trinajstić information content (AvgIpc) is 3.04. The predicted molar refractivity (Wildman–Crippen MR) is 86.5 cm³/mol. The van der Waals surface area contributed by atoms with Crippen molar-refractivity contribution in [2.24, 2.45) is 0 Å². The summed E-state index contributed by atoms with van der Waals surface area (Å²) in [7, 11) is 3.91. The smallest absolute Gasteiger partial charge is 0.244 e. The number of amides is 1. The van der Waals surface area contributed by atoms with Gasteiger partial charge in [-0.3, -0.25) is 4.79 Å². The van der Waals surface area contributed by atoms with Crippen LogP contribution in [0, 0.1) is 0 Å². The number of aliphatic hydroxyl groups excluding tert-OH is 1. The summed E-state index contributed by atoms with van der Waals surface area (Å²) >= 11 is 0. The third kappa shape index (κ3) is 4.49. The van der Waals surface area contributed by atoms with E-state index in [1.54, 1.807) is 24.5 Å². The number of nitrogens with zero attached hydrogens (tertiary/aromatic N) is 1. The number of benzene rings is 1. The summed E-state index contributed by atoms with van der Waals surface area (Å²) in [6.07, 6.45) is 3.75. The van der Waals surface area contributed by atoms with Gasteiger partial charge in [0.2, 0.25) is 5.91 Å². The molecule has 0 fully saturated rings. The van der Waals surface area contributed by atoms with Crippen molar-refractivity contribution in [3.05, 3.63) is 60.1 Å². The summed E-state index contributed by atoms with van der Waals surface area (Å²) in [6, 6.07) is 11.1. The SMILES string of the molecule is CN(C)c1ccc([C@@H](O)CNC(=O)/C=C/c2ccco2)cc1. The minimum absolute atomic E-state index is 0.155. The molecule has 1 heterocycles. The molecule has 0 aliphatic rings. The standard InChI is InChI=1S/C17H20N2O3/c1-19(2)14-7-5-13(6-8-14)16(20)12-18-17(21)10-9-15-4-3-11-22-15/h3-11,16,20H,12H2,1-2H3,(H,18,21)/b10-9+/t16-/m0/s1.